The second-order valence-corrected chi connectivity index (χ2v) is 5.70. The van der Waals surface area contributed by atoms with Gasteiger partial charge in [0.05, 0.1) is 17.4 Å². The molecular formula is C17H22N4. The molecule has 1 aliphatic heterocycles. The van der Waals surface area contributed by atoms with E-state index in [9.17, 15) is 0 Å². The maximum Gasteiger partial charge on any atom is 0.0669 e. The van der Waals surface area contributed by atoms with Gasteiger partial charge in [-0.05, 0) is 30.8 Å². The van der Waals surface area contributed by atoms with E-state index in [0.29, 0.717) is 17.4 Å². The zero-order chi connectivity index (χ0) is 14.8. The number of likely N-dealkylation sites (N-methyl/N-ethyl adjacent to an activating group) is 1. The molecule has 21 heavy (non-hydrogen) atoms. The van der Waals surface area contributed by atoms with Crippen molar-refractivity contribution in [3.8, 4) is 0 Å². The van der Waals surface area contributed by atoms with Gasteiger partial charge in [-0.3, -0.25) is 0 Å². The first kappa shape index (κ1) is 13.8. The van der Waals surface area contributed by atoms with Crippen molar-refractivity contribution < 1.29 is 0 Å². The van der Waals surface area contributed by atoms with Crippen LogP contribution in [0.15, 0.2) is 48.5 Å². The summed E-state index contributed by atoms with van der Waals surface area (Å²) in [4.78, 5) is 4.79. The Balaban J connectivity index is 1.96. The van der Waals surface area contributed by atoms with Gasteiger partial charge < -0.3 is 21.3 Å². The lowest BCUT2D eigenvalue weighted by Gasteiger charge is -2.42. The molecule has 0 spiro atoms. The van der Waals surface area contributed by atoms with Gasteiger partial charge in [0, 0.05) is 25.3 Å². The van der Waals surface area contributed by atoms with Crippen LogP contribution in [0, 0.1) is 0 Å². The molecule has 4 nitrogen and oxygen atoms in total. The van der Waals surface area contributed by atoms with Crippen molar-refractivity contribution in [3.63, 3.8) is 0 Å². The Bertz CT molecular complexity index is 611. The zero-order valence-electron chi connectivity index (χ0n) is 12.4. The summed E-state index contributed by atoms with van der Waals surface area (Å²) in [7, 11) is 2.17. The van der Waals surface area contributed by atoms with E-state index in [4.69, 9.17) is 11.5 Å². The van der Waals surface area contributed by atoms with Crippen LogP contribution < -0.4 is 16.4 Å². The molecule has 1 saturated heterocycles. The smallest absolute Gasteiger partial charge is 0.0669 e. The molecule has 0 saturated carbocycles. The van der Waals surface area contributed by atoms with Crippen molar-refractivity contribution in [3.05, 3.63) is 54.1 Å². The summed E-state index contributed by atoms with van der Waals surface area (Å²) in [6, 6.07) is 16.9. The highest BCUT2D eigenvalue weighted by atomic mass is 15.3. The summed E-state index contributed by atoms with van der Waals surface area (Å²) in [6.07, 6.45) is 0. The molecule has 1 aliphatic rings. The molecule has 0 radical (unpaired) electrons. The standard InChI is InChI=1S/C17H22N4/c1-20-9-10-21(14-7-8-15(18)16(19)11-14)17(12-20)13-5-3-2-4-6-13/h2-8,11,17H,9-10,12,18-19H2,1H3. The first-order valence-corrected chi connectivity index (χ1v) is 7.30. The van der Waals surface area contributed by atoms with Crippen molar-refractivity contribution in [2.24, 2.45) is 0 Å². The second kappa shape index (κ2) is 5.66. The summed E-state index contributed by atoms with van der Waals surface area (Å²) >= 11 is 0. The highest BCUT2D eigenvalue weighted by molar-refractivity contribution is 5.70. The number of anilines is 3. The number of nitrogens with zero attached hydrogens (tertiary/aromatic N) is 2. The van der Waals surface area contributed by atoms with Crippen molar-refractivity contribution in [1.29, 1.82) is 0 Å². The SMILES string of the molecule is CN1CCN(c2ccc(N)c(N)c2)C(c2ccccc2)C1. The molecule has 0 aromatic heterocycles. The topological polar surface area (TPSA) is 58.5 Å². The van der Waals surface area contributed by atoms with E-state index in [1.54, 1.807) is 0 Å². The van der Waals surface area contributed by atoms with Gasteiger partial charge in [-0.2, -0.15) is 0 Å². The molecule has 1 atom stereocenters. The summed E-state index contributed by atoms with van der Waals surface area (Å²) in [5, 5.41) is 0. The van der Waals surface area contributed by atoms with Crippen LogP contribution in [0.5, 0.6) is 0 Å². The molecule has 4 N–H and O–H groups in total. The van der Waals surface area contributed by atoms with E-state index >= 15 is 0 Å². The largest absolute Gasteiger partial charge is 0.397 e. The Labute approximate surface area is 126 Å². The lowest BCUT2D eigenvalue weighted by molar-refractivity contribution is 0.269. The number of hydrogen-bond acceptors (Lipinski definition) is 4. The van der Waals surface area contributed by atoms with Gasteiger partial charge in [0.25, 0.3) is 0 Å². The summed E-state index contributed by atoms with van der Waals surface area (Å²) < 4.78 is 0. The number of rotatable bonds is 2. The maximum atomic E-state index is 5.98. The van der Waals surface area contributed by atoms with Gasteiger partial charge in [-0.1, -0.05) is 30.3 Å². The number of benzene rings is 2. The maximum absolute atomic E-state index is 5.98. The van der Waals surface area contributed by atoms with Gasteiger partial charge in [0.1, 0.15) is 0 Å². The van der Waals surface area contributed by atoms with Crippen LogP contribution in [-0.4, -0.2) is 31.6 Å². The van der Waals surface area contributed by atoms with Crippen molar-refractivity contribution in [2.45, 2.75) is 6.04 Å². The van der Waals surface area contributed by atoms with Crippen LogP contribution in [0.1, 0.15) is 11.6 Å². The molecule has 4 heteroatoms. The first-order valence-electron chi connectivity index (χ1n) is 7.30. The van der Waals surface area contributed by atoms with Crippen molar-refractivity contribution in [1.82, 2.24) is 4.90 Å². The van der Waals surface area contributed by atoms with Gasteiger partial charge in [0.2, 0.25) is 0 Å². The monoisotopic (exact) mass is 282 g/mol. The zero-order valence-corrected chi connectivity index (χ0v) is 12.4. The molecule has 2 aromatic rings. The average molecular weight is 282 g/mol. The first-order chi connectivity index (χ1) is 10.1. The lowest BCUT2D eigenvalue weighted by atomic mass is 10.0. The number of piperazine rings is 1. The van der Waals surface area contributed by atoms with Crippen LogP contribution in [0.3, 0.4) is 0 Å². The minimum absolute atomic E-state index is 0.341. The third kappa shape index (κ3) is 2.81. The number of nitrogen functional groups attached to an aromatic ring is 2. The Morgan fingerprint density at radius 1 is 0.952 bits per heavy atom. The fraction of sp³-hybridized carbons (Fsp3) is 0.294. The molecule has 0 amide bonds. The Kier molecular flexibility index (Phi) is 3.71. The second-order valence-electron chi connectivity index (χ2n) is 5.70. The summed E-state index contributed by atoms with van der Waals surface area (Å²) in [6.45, 7) is 3.04. The quantitative estimate of drug-likeness (QED) is 0.830. The Morgan fingerprint density at radius 2 is 1.71 bits per heavy atom. The van der Waals surface area contributed by atoms with E-state index in [2.05, 4.69) is 53.2 Å². The van der Waals surface area contributed by atoms with Crippen molar-refractivity contribution in [2.75, 3.05) is 43.0 Å². The van der Waals surface area contributed by atoms with Crippen LogP contribution in [0.4, 0.5) is 17.1 Å². The highest BCUT2D eigenvalue weighted by Gasteiger charge is 2.26. The molecule has 0 bridgehead atoms. The van der Waals surface area contributed by atoms with Gasteiger partial charge in [0.15, 0.2) is 0 Å². The predicted molar refractivity (Wildman–Crippen MR) is 89.3 cm³/mol. The fourth-order valence-corrected chi connectivity index (χ4v) is 2.93. The molecule has 1 heterocycles. The van der Waals surface area contributed by atoms with E-state index in [1.165, 1.54) is 5.56 Å². The molecule has 110 valence electrons. The van der Waals surface area contributed by atoms with E-state index in [0.717, 1.165) is 25.3 Å². The van der Waals surface area contributed by atoms with E-state index in [-0.39, 0.29) is 0 Å². The van der Waals surface area contributed by atoms with Gasteiger partial charge >= 0.3 is 0 Å². The molecule has 2 aromatic carbocycles. The van der Waals surface area contributed by atoms with E-state index in [1.807, 2.05) is 12.1 Å². The van der Waals surface area contributed by atoms with Crippen LogP contribution >= 0.6 is 0 Å². The minimum Gasteiger partial charge on any atom is -0.397 e. The van der Waals surface area contributed by atoms with Crippen LogP contribution in [-0.2, 0) is 0 Å². The van der Waals surface area contributed by atoms with Crippen LogP contribution in [0.2, 0.25) is 0 Å². The Hall–Kier alpha value is -2.20. The van der Waals surface area contributed by atoms with Crippen molar-refractivity contribution >= 4 is 17.1 Å². The highest BCUT2D eigenvalue weighted by Crippen LogP contribution is 2.32. The molecule has 3 rings (SSSR count). The normalized spacial score (nSPS) is 19.7. The average Bonchev–Trinajstić information content (AvgIpc) is 2.51. The summed E-state index contributed by atoms with van der Waals surface area (Å²) in [5.41, 5.74) is 15.6. The van der Waals surface area contributed by atoms with Gasteiger partial charge in [-0.25, -0.2) is 0 Å². The van der Waals surface area contributed by atoms with Crippen LogP contribution in [0.25, 0.3) is 0 Å². The fourth-order valence-electron chi connectivity index (χ4n) is 2.93. The molecular weight excluding hydrogens is 260 g/mol. The number of nitrogens with two attached hydrogens (primary N) is 2. The minimum atomic E-state index is 0.341. The lowest BCUT2D eigenvalue weighted by Crippen LogP contribution is -2.46. The molecule has 1 unspecified atom stereocenters. The summed E-state index contributed by atoms with van der Waals surface area (Å²) in [5.74, 6) is 0. The Morgan fingerprint density at radius 3 is 2.43 bits per heavy atom. The molecule has 0 aliphatic carbocycles. The third-order valence-electron chi connectivity index (χ3n) is 4.17. The third-order valence-corrected chi connectivity index (χ3v) is 4.17. The molecule has 1 fully saturated rings. The van der Waals surface area contributed by atoms with Gasteiger partial charge in [-0.15, -0.1) is 0 Å². The predicted octanol–water partition coefficient (Wildman–Crippen LogP) is 2.34. The van der Waals surface area contributed by atoms with E-state index < -0.39 is 0 Å². The number of hydrogen-bond donors (Lipinski definition) is 2.